The molecule has 0 aliphatic heterocycles. The van der Waals surface area contributed by atoms with E-state index >= 15 is 0 Å². The zero-order valence-electron chi connectivity index (χ0n) is 12.8. The summed E-state index contributed by atoms with van der Waals surface area (Å²) in [6.45, 7) is 0.355. The number of fused-ring (bicyclic) bond motifs is 1. The van der Waals surface area contributed by atoms with Gasteiger partial charge in [-0.15, -0.1) is 0 Å². The van der Waals surface area contributed by atoms with Crippen molar-refractivity contribution in [1.82, 2.24) is 10.3 Å². The molecule has 0 fully saturated rings. The van der Waals surface area contributed by atoms with E-state index in [0.29, 0.717) is 42.2 Å². The van der Waals surface area contributed by atoms with Gasteiger partial charge in [-0.05, 0) is 18.6 Å². The van der Waals surface area contributed by atoms with Crippen LogP contribution in [0.25, 0.3) is 11.1 Å². The highest BCUT2D eigenvalue weighted by molar-refractivity contribution is 5.76. The van der Waals surface area contributed by atoms with Crippen LogP contribution in [-0.2, 0) is 0 Å². The second-order valence-electron chi connectivity index (χ2n) is 4.87. The van der Waals surface area contributed by atoms with Crippen molar-refractivity contribution in [2.24, 2.45) is 0 Å². The number of halogens is 1. The molecule has 2 rings (SSSR count). The Bertz CT molecular complexity index is 716. The summed E-state index contributed by atoms with van der Waals surface area (Å²) in [6.07, 6.45) is -0.347. The number of rotatable bonds is 9. The van der Waals surface area contributed by atoms with Crippen LogP contribution in [-0.4, -0.2) is 47.6 Å². The van der Waals surface area contributed by atoms with Crippen molar-refractivity contribution in [3.05, 3.63) is 30.1 Å². The Balaban J connectivity index is 1.95. The minimum absolute atomic E-state index is 0.0758. The van der Waals surface area contributed by atoms with Crippen molar-refractivity contribution in [1.29, 1.82) is 0 Å². The molecule has 0 unspecified atom stereocenters. The predicted octanol–water partition coefficient (Wildman–Crippen LogP) is 2.12. The number of ether oxygens (including phenoxy) is 1. The first-order valence-corrected chi connectivity index (χ1v) is 7.25. The van der Waals surface area contributed by atoms with Gasteiger partial charge in [0.25, 0.3) is 6.01 Å². The van der Waals surface area contributed by atoms with E-state index in [9.17, 15) is 9.18 Å². The maximum Gasteiger partial charge on any atom is 0.404 e. The normalized spacial score (nSPS) is 11.5. The Labute approximate surface area is 136 Å². The number of carbonyl (C=O) groups is 1. The van der Waals surface area contributed by atoms with Crippen LogP contribution in [0.15, 0.2) is 34.5 Å². The van der Waals surface area contributed by atoms with Crippen molar-refractivity contribution >= 4 is 23.2 Å². The fourth-order valence-corrected chi connectivity index (χ4v) is 1.83. The highest BCUT2D eigenvalue weighted by Crippen LogP contribution is 2.24. The van der Waals surface area contributed by atoms with Crippen molar-refractivity contribution in [2.75, 3.05) is 31.6 Å². The SMILES string of the molecule is O=C(O)NC/C(=C\F)COc1ccc2nc(NCCCO)oc2c1. The van der Waals surface area contributed by atoms with Crippen LogP contribution in [0.5, 0.6) is 5.75 Å². The summed E-state index contributed by atoms with van der Waals surface area (Å²) in [5.41, 5.74) is 1.28. The van der Waals surface area contributed by atoms with E-state index in [1.54, 1.807) is 18.2 Å². The molecule has 1 aromatic heterocycles. The van der Waals surface area contributed by atoms with Crippen LogP contribution in [0.1, 0.15) is 6.42 Å². The number of aromatic nitrogens is 1. The van der Waals surface area contributed by atoms with Crippen LogP contribution in [0, 0.1) is 0 Å². The molecule has 130 valence electrons. The zero-order valence-corrected chi connectivity index (χ0v) is 12.8. The van der Waals surface area contributed by atoms with Crippen LogP contribution in [0.2, 0.25) is 0 Å². The first-order chi connectivity index (χ1) is 11.6. The molecule has 0 bridgehead atoms. The Morgan fingerprint density at radius 3 is 3.00 bits per heavy atom. The third-order valence-electron chi connectivity index (χ3n) is 3.02. The van der Waals surface area contributed by atoms with E-state index in [1.807, 2.05) is 0 Å². The van der Waals surface area contributed by atoms with E-state index < -0.39 is 6.09 Å². The third-order valence-corrected chi connectivity index (χ3v) is 3.02. The number of aliphatic hydroxyl groups excluding tert-OH is 1. The third kappa shape index (κ3) is 5.13. The van der Waals surface area contributed by atoms with Gasteiger partial charge >= 0.3 is 6.09 Å². The Kier molecular flexibility index (Phi) is 6.38. The molecule has 0 saturated carbocycles. The molecule has 8 nitrogen and oxygen atoms in total. The van der Waals surface area contributed by atoms with Gasteiger partial charge in [-0.1, -0.05) is 0 Å². The monoisotopic (exact) mass is 339 g/mol. The molecule has 0 radical (unpaired) electrons. The summed E-state index contributed by atoms with van der Waals surface area (Å²) in [5.74, 6) is 0.440. The molecular weight excluding hydrogens is 321 g/mol. The number of carboxylic acid groups (broad SMARTS) is 1. The zero-order chi connectivity index (χ0) is 17.4. The summed E-state index contributed by atoms with van der Waals surface area (Å²) < 4.78 is 23.6. The lowest BCUT2D eigenvalue weighted by Gasteiger charge is -2.08. The second kappa shape index (κ2) is 8.73. The van der Waals surface area contributed by atoms with Crippen LogP contribution < -0.4 is 15.4 Å². The molecule has 0 atom stereocenters. The Morgan fingerprint density at radius 1 is 1.46 bits per heavy atom. The molecule has 24 heavy (non-hydrogen) atoms. The van der Waals surface area contributed by atoms with Crippen LogP contribution in [0.4, 0.5) is 15.2 Å². The summed E-state index contributed by atoms with van der Waals surface area (Å²) in [6, 6.07) is 5.30. The smallest absolute Gasteiger partial charge is 0.404 e. The van der Waals surface area contributed by atoms with Gasteiger partial charge in [0.05, 0.1) is 6.33 Å². The standard InChI is InChI=1S/C15H18FN3O5/c16-7-10(8-18-15(21)22)9-23-11-2-3-12-13(6-11)24-14(19-12)17-4-1-5-20/h2-3,6-7,18,20H,1,4-5,8-9H2,(H,17,19)(H,21,22)/b10-7+. The van der Waals surface area contributed by atoms with Gasteiger partial charge < -0.3 is 30.0 Å². The summed E-state index contributed by atoms with van der Waals surface area (Å²) in [4.78, 5) is 14.6. The Morgan fingerprint density at radius 2 is 2.29 bits per heavy atom. The number of nitrogens with one attached hydrogen (secondary N) is 2. The van der Waals surface area contributed by atoms with E-state index in [2.05, 4.69) is 15.6 Å². The van der Waals surface area contributed by atoms with Gasteiger partial charge in [-0.3, -0.25) is 0 Å². The molecule has 1 heterocycles. The lowest BCUT2D eigenvalue weighted by atomic mass is 10.3. The molecule has 4 N–H and O–H groups in total. The fraction of sp³-hybridized carbons (Fsp3) is 0.333. The lowest BCUT2D eigenvalue weighted by molar-refractivity contribution is 0.195. The van der Waals surface area contributed by atoms with Gasteiger partial charge in [-0.2, -0.15) is 4.98 Å². The average Bonchev–Trinajstić information content (AvgIpc) is 2.97. The molecule has 0 aliphatic rings. The number of nitrogens with zero attached hydrogens (tertiary/aromatic N) is 1. The minimum Gasteiger partial charge on any atom is -0.489 e. The fourth-order valence-electron chi connectivity index (χ4n) is 1.83. The maximum atomic E-state index is 12.7. The molecule has 1 amide bonds. The van der Waals surface area contributed by atoms with Gasteiger partial charge in [0.1, 0.15) is 17.9 Å². The van der Waals surface area contributed by atoms with Gasteiger partial charge in [0.2, 0.25) is 0 Å². The number of benzene rings is 1. The van der Waals surface area contributed by atoms with Gasteiger partial charge in [0.15, 0.2) is 5.58 Å². The number of hydrogen-bond acceptors (Lipinski definition) is 6. The lowest BCUT2D eigenvalue weighted by Crippen LogP contribution is -2.25. The number of aliphatic hydroxyl groups is 1. The number of oxazole rings is 1. The van der Waals surface area contributed by atoms with Crippen LogP contribution in [0.3, 0.4) is 0 Å². The van der Waals surface area contributed by atoms with Gasteiger partial charge in [0, 0.05) is 31.3 Å². The van der Waals surface area contributed by atoms with Crippen LogP contribution >= 0.6 is 0 Å². The molecule has 2 aromatic rings. The number of anilines is 1. The summed E-state index contributed by atoms with van der Waals surface area (Å²) in [7, 11) is 0. The van der Waals surface area contributed by atoms with E-state index in [4.69, 9.17) is 19.4 Å². The average molecular weight is 339 g/mol. The molecular formula is C15H18FN3O5. The predicted molar refractivity (Wildman–Crippen MR) is 84.9 cm³/mol. The Hall–Kier alpha value is -2.81. The van der Waals surface area contributed by atoms with Crippen molar-refractivity contribution < 1.29 is 28.6 Å². The molecule has 9 heteroatoms. The highest BCUT2D eigenvalue weighted by atomic mass is 19.1. The molecule has 0 aliphatic carbocycles. The number of hydrogen-bond donors (Lipinski definition) is 4. The summed E-state index contributed by atoms with van der Waals surface area (Å²) >= 11 is 0. The van der Waals surface area contributed by atoms with Crippen molar-refractivity contribution in [2.45, 2.75) is 6.42 Å². The van der Waals surface area contributed by atoms with Crippen molar-refractivity contribution in [3.8, 4) is 5.75 Å². The number of amides is 1. The van der Waals surface area contributed by atoms with Crippen molar-refractivity contribution in [3.63, 3.8) is 0 Å². The van der Waals surface area contributed by atoms with E-state index in [-0.39, 0.29) is 25.3 Å². The molecule has 0 spiro atoms. The summed E-state index contributed by atoms with van der Waals surface area (Å²) in [5, 5.41) is 22.2. The molecule has 0 saturated heterocycles. The van der Waals surface area contributed by atoms with E-state index in [1.165, 1.54) is 0 Å². The van der Waals surface area contributed by atoms with E-state index in [0.717, 1.165) is 0 Å². The maximum absolute atomic E-state index is 12.7. The first kappa shape index (κ1) is 17.5. The second-order valence-corrected chi connectivity index (χ2v) is 4.87. The topological polar surface area (TPSA) is 117 Å². The minimum atomic E-state index is -1.24. The highest BCUT2D eigenvalue weighted by Gasteiger charge is 2.08. The van der Waals surface area contributed by atoms with Gasteiger partial charge in [-0.25, -0.2) is 9.18 Å². The first-order valence-electron chi connectivity index (χ1n) is 7.25. The largest absolute Gasteiger partial charge is 0.489 e. The molecule has 1 aromatic carbocycles. The quantitative estimate of drug-likeness (QED) is 0.517.